The van der Waals surface area contributed by atoms with E-state index < -0.39 is 0 Å². The van der Waals surface area contributed by atoms with Crippen LogP contribution in [0.3, 0.4) is 0 Å². The summed E-state index contributed by atoms with van der Waals surface area (Å²) in [5.74, 6) is -0.185. The van der Waals surface area contributed by atoms with Crippen molar-refractivity contribution in [3.05, 3.63) is 65.5 Å². The summed E-state index contributed by atoms with van der Waals surface area (Å²) >= 11 is 1.69. The van der Waals surface area contributed by atoms with E-state index in [4.69, 9.17) is 5.73 Å². The van der Waals surface area contributed by atoms with E-state index in [0.29, 0.717) is 5.25 Å². The van der Waals surface area contributed by atoms with Crippen molar-refractivity contribution in [2.75, 3.05) is 0 Å². The molecule has 0 heterocycles. The van der Waals surface area contributed by atoms with Gasteiger partial charge in [0.2, 0.25) is 0 Å². The first-order chi connectivity index (χ1) is 9.24. The number of halogens is 1. The van der Waals surface area contributed by atoms with Crippen molar-refractivity contribution in [2.24, 2.45) is 5.73 Å². The monoisotopic (exact) mass is 273 g/mol. The molecule has 2 aromatic carbocycles. The number of hydrogen-bond donors (Lipinski definition) is 1. The molecule has 0 fully saturated rings. The smallest absolute Gasteiger partial charge is 0.124 e. The second-order valence-electron chi connectivity index (χ2n) is 4.88. The van der Waals surface area contributed by atoms with Crippen LogP contribution in [-0.2, 0) is 6.42 Å². The van der Waals surface area contributed by atoms with E-state index in [-0.39, 0.29) is 11.9 Å². The Bertz CT molecular complexity index is 584. The minimum absolute atomic E-state index is 0.0261. The predicted molar refractivity (Wildman–Crippen MR) is 77.7 cm³/mol. The zero-order valence-corrected chi connectivity index (χ0v) is 11.4. The predicted octanol–water partition coefficient (Wildman–Crippen LogP) is 3.93. The van der Waals surface area contributed by atoms with Crippen LogP contribution in [0.15, 0.2) is 53.4 Å². The molecule has 2 N–H and O–H groups in total. The summed E-state index contributed by atoms with van der Waals surface area (Å²) in [7, 11) is 0. The number of benzene rings is 2. The molecule has 0 bridgehead atoms. The van der Waals surface area contributed by atoms with Crippen LogP contribution in [0, 0.1) is 5.82 Å². The third-order valence-electron chi connectivity index (χ3n) is 3.60. The Labute approximate surface area is 117 Å². The fraction of sp³-hybridized carbons (Fsp3) is 0.250. The molecular weight excluding hydrogens is 257 g/mol. The average Bonchev–Trinajstić information content (AvgIpc) is 2.42. The summed E-state index contributed by atoms with van der Waals surface area (Å²) < 4.78 is 13.2. The first kappa shape index (κ1) is 12.7. The largest absolute Gasteiger partial charge is 0.323 e. The van der Waals surface area contributed by atoms with Crippen LogP contribution in [0.5, 0.6) is 0 Å². The maximum Gasteiger partial charge on any atom is 0.124 e. The first-order valence-corrected chi connectivity index (χ1v) is 7.37. The highest BCUT2D eigenvalue weighted by molar-refractivity contribution is 8.00. The SMILES string of the molecule is NC1c2ccccc2CCC1Sc1cccc(F)c1. The zero-order valence-electron chi connectivity index (χ0n) is 10.6. The van der Waals surface area contributed by atoms with E-state index in [1.54, 1.807) is 23.9 Å². The number of thioether (sulfide) groups is 1. The molecule has 19 heavy (non-hydrogen) atoms. The van der Waals surface area contributed by atoms with E-state index in [9.17, 15) is 4.39 Å². The molecule has 0 aliphatic heterocycles. The molecule has 1 aliphatic rings. The molecule has 0 amide bonds. The number of nitrogens with two attached hydrogens (primary N) is 1. The molecule has 2 aromatic rings. The van der Waals surface area contributed by atoms with Crippen molar-refractivity contribution in [1.29, 1.82) is 0 Å². The molecule has 0 radical (unpaired) electrons. The lowest BCUT2D eigenvalue weighted by Gasteiger charge is -2.30. The summed E-state index contributed by atoms with van der Waals surface area (Å²) in [6, 6.07) is 15.1. The van der Waals surface area contributed by atoms with E-state index in [1.165, 1.54) is 17.2 Å². The molecule has 3 rings (SSSR count). The molecule has 98 valence electrons. The Balaban J connectivity index is 1.81. The van der Waals surface area contributed by atoms with Gasteiger partial charge in [-0.05, 0) is 42.2 Å². The lowest BCUT2D eigenvalue weighted by atomic mass is 9.88. The molecule has 2 atom stereocenters. The third-order valence-corrected chi connectivity index (χ3v) is 4.95. The Morgan fingerprint density at radius 3 is 2.79 bits per heavy atom. The summed E-state index contributed by atoms with van der Waals surface area (Å²) in [4.78, 5) is 0.958. The van der Waals surface area contributed by atoms with Crippen molar-refractivity contribution < 1.29 is 4.39 Å². The topological polar surface area (TPSA) is 26.0 Å². The molecule has 0 saturated heterocycles. The lowest BCUT2D eigenvalue weighted by molar-refractivity contribution is 0.586. The van der Waals surface area contributed by atoms with Gasteiger partial charge in [0.25, 0.3) is 0 Å². The number of hydrogen-bond acceptors (Lipinski definition) is 2. The van der Waals surface area contributed by atoms with Crippen LogP contribution in [0.1, 0.15) is 23.6 Å². The maximum absolute atomic E-state index is 13.2. The highest BCUT2D eigenvalue weighted by Crippen LogP contribution is 2.38. The van der Waals surface area contributed by atoms with E-state index in [0.717, 1.165) is 17.7 Å². The average molecular weight is 273 g/mol. The fourth-order valence-electron chi connectivity index (χ4n) is 2.61. The van der Waals surface area contributed by atoms with Crippen molar-refractivity contribution >= 4 is 11.8 Å². The number of rotatable bonds is 2. The zero-order chi connectivity index (χ0) is 13.2. The van der Waals surface area contributed by atoms with Crippen LogP contribution in [-0.4, -0.2) is 5.25 Å². The van der Waals surface area contributed by atoms with Crippen LogP contribution in [0.25, 0.3) is 0 Å². The van der Waals surface area contributed by atoms with Gasteiger partial charge in [-0.1, -0.05) is 30.3 Å². The van der Waals surface area contributed by atoms with Gasteiger partial charge in [-0.3, -0.25) is 0 Å². The first-order valence-electron chi connectivity index (χ1n) is 6.49. The van der Waals surface area contributed by atoms with E-state index in [2.05, 4.69) is 18.2 Å². The Morgan fingerprint density at radius 2 is 1.95 bits per heavy atom. The number of aryl methyl sites for hydroxylation is 1. The molecule has 1 nitrogen and oxygen atoms in total. The van der Waals surface area contributed by atoms with Gasteiger partial charge < -0.3 is 5.73 Å². The van der Waals surface area contributed by atoms with Gasteiger partial charge in [0, 0.05) is 16.2 Å². The van der Waals surface area contributed by atoms with Gasteiger partial charge in [-0.2, -0.15) is 0 Å². The van der Waals surface area contributed by atoms with Crippen molar-refractivity contribution in [1.82, 2.24) is 0 Å². The van der Waals surface area contributed by atoms with Gasteiger partial charge >= 0.3 is 0 Å². The second-order valence-corrected chi connectivity index (χ2v) is 6.19. The van der Waals surface area contributed by atoms with Crippen molar-refractivity contribution in [2.45, 2.75) is 29.0 Å². The third kappa shape index (κ3) is 2.67. The van der Waals surface area contributed by atoms with Gasteiger partial charge in [-0.15, -0.1) is 11.8 Å². The molecule has 0 aromatic heterocycles. The molecule has 3 heteroatoms. The molecular formula is C16H16FNS. The summed E-state index contributed by atoms with van der Waals surface area (Å²) in [6.45, 7) is 0. The molecule has 0 saturated carbocycles. The normalized spacial score (nSPS) is 22.0. The van der Waals surface area contributed by atoms with Crippen molar-refractivity contribution in [3.8, 4) is 0 Å². The van der Waals surface area contributed by atoms with Crippen LogP contribution < -0.4 is 5.73 Å². The Hall–Kier alpha value is -1.32. The van der Waals surface area contributed by atoms with Gasteiger partial charge in [0.1, 0.15) is 5.82 Å². The highest BCUT2D eigenvalue weighted by atomic mass is 32.2. The van der Waals surface area contributed by atoms with Crippen LogP contribution in [0.2, 0.25) is 0 Å². The lowest BCUT2D eigenvalue weighted by Crippen LogP contribution is -2.29. The Kier molecular flexibility index (Phi) is 3.58. The van der Waals surface area contributed by atoms with Gasteiger partial charge in [0.05, 0.1) is 0 Å². The quantitative estimate of drug-likeness (QED) is 0.897. The standard InChI is InChI=1S/C16H16FNS/c17-12-5-3-6-13(10-12)19-15-9-8-11-4-1-2-7-14(11)16(15)18/h1-7,10,15-16H,8-9,18H2. The summed E-state index contributed by atoms with van der Waals surface area (Å²) in [5, 5.41) is 0.316. The minimum Gasteiger partial charge on any atom is -0.323 e. The summed E-state index contributed by atoms with van der Waals surface area (Å²) in [5.41, 5.74) is 8.95. The summed E-state index contributed by atoms with van der Waals surface area (Å²) in [6.07, 6.45) is 2.09. The van der Waals surface area contributed by atoms with E-state index >= 15 is 0 Å². The van der Waals surface area contributed by atoms with Crippen LogP contribution >= 0.6 is 11.8 Å². The Morgan fingerprint density at radius 1 is 1.11 bits per heavy atom. The van der Waals surface area contributed by atoms with Gasteiger partial charge in [0.15, 0.2) is 0 Å². The van der Waals surface area contributed by atoms with E-state index in [1.807, 2.05) is 12.1 Å². The maximum atomic E-state index is 13.2. The fourth-order valence-corrected chi connectivity index (χ4v) is 3.83. The van der Waals surface area contributed by atoms with Crippen molar-refractivity contribution in [3.63, 3.8) is 0 Å². The number of fused-ring (bicyclic) bond motifs is 1. The molecule has 1 aliphatic carbocycles. The van der Waals surface area contributed by atoms with Gasteiger partial charge in [-0.25, -0.2) is 4.39 Å². The molecule has 2 unspecified atom stereocenters. The highest BCUT2D eigenvalue weighted by Gasteiger charge is 2.27. The second kappa shape index (κ2) is 5.35. The minimum atomic E-state index is -0.185. The molecule has 0 spiro atoms. The van der Waals surface area contributed by atoms with Crippen LogP contribution in [0.4, 0.5) is 4.39 Å².